The second-order valence-electron chi connectivity index (χ2n) is 5.55. The fourth-order valence-corrected chi connectivity index (χ4v) is 2.65. The highest BCUT2D eigenvalue weighted by molar-refractivity contribution is 6.33. The van der Waals surface area contributed by atoms with E-state index in [1.165, 1.54) is 12.3 Å². The molecule has 3 aromatic rings. The largest absolute Gasteiger partial charge is 0.480 e. The third kappa shape index (κ3) is 6.23. The Bertz CT molecular complexity index is 1020. The average molecular weight is 460 g/mol. The molecule has 2 heterocycles. The molecule has 0 aliphatic carbocycles. The zero-order valence-corrected chi connectivity index (χ0v) is 16.9. The summed E-state index contributed by atoms with van der Waals surface area (Å²) in [5.41, 5.74) is 1.15. The van der Waals surface area contributed by atoms with E-state index in [-0.39, 0.29) is 42.1 Å². The molecule has 0 bridgehead atoms. The maximum Gasteiger partial charge on any atom is 0.317 e. The lowest BCUT2D eigenvalue weighted by Crippen LogP contribution is -2.22. The van der Waals surface area contributed by atoms with Crippen molar-refractivity contribution in [1.82, 2.24) is 20.3 Å². The SMILES string of the molecule is Cl.O=C(O)CNCc1ccnc(-c2ccc(Oc3ncc(Cl)cc3F)cc2Cl)n1. The van der Waals surface area contributed by atoms with E-state index < -0.39 is 11.8 Å². The molecule has 29 heavy (non-hydrogen) atoms. The van der Waals surface area contributed by atoms with Crippen molar-refractivity contribution >= 4 is 41.6 Å². The molecule has 152 valence electrons. The second kappa shape index (κ2) is 10.3. The van der Waals surface area contributed by atoms with E-state index in [2.05, 4.69) is 20.3 Å². The molecule has 1 aromatic carbocycles. The van der Waals surface area contributed by atoms with Gasteiger partial charge in [0.2, 0.25) is 0 Å². The summed E-state index contributed by atoms with van der Waals surface area (Å²) in [5, 5.41) is 11.9. The smallest absolute Gasteiger partial charge is 0.317 e. The first-order valence-electron chi connectivity index (χ1n) is 7.95. The third-order valence-electron chi connectivity index (χ3n) is 3.47. The van der Waals surface area contributed by atoms with E-state index in [0.29, 0.717) is 22.1 Å². The van der Waals surface area contributed by atoms with Gasteiger partial charge in [0.1, 0.15) is 5.75 Å². The number of aromatic nitrogens is 3. The van der Waals surface area contributed by atoms with Crippen molar-refractivity contribution in [2.24, 2.45) is 0 Å². The highest BCUT2D eigenvalue weighted by atomic mass is 35.5. The van der Waals surface area contributed by atoms with Crippen molar-refractivity contribution < 1.29 is 19.0 Å². The van der Waals surface area contributed by atoms with Crippen molar-refractivity contribution in [2.75, 3.05) is 6.54 Å². The Morgan fingerprint density at radius 1 is 1.21 bits per heavy atom. The van der Waals surface area contributed by atoms with Gasteiger partial charge in [-0.25, -0.2) is 19.3 Å². The maximum atomic E-state index is 13.8. The highest BCUT2D eigenvalue weighted by Crippen LogP contribution is 2.32. The third-order valence-corrected chi connectivity index (χ3v) is 3.99. The molecular formula is C18H14Cl3FN4O3. The van der Waals surface area contributed by atoms with Crippen molar-refractivity contribution in [3.8, 4) is 23.0 Å². The molecule has 0 radical (unpaired) electrons. The molecule has 0 atom stereocenters. The highest BCUT2D eigenvalue weighted by Gasteiger charge is 2.12. The molecular weight excluding hydrogens is 446 g/mol. The zero-order chi connectivity index (χ0) is 20.1. The Hall–Kier alpha value is -2.52. The van der Waals surface area contributed by atoms with Gasteiger partial charge in [-0.05, 0) is 24.3 Å². The number of nitrogens with one attached hydrogen (secondary N) is 1. The minimum atomic E-state index is -0.959. The fourth-order valence-electron chi connectivity index (χ4n) is 2.25. The number of nitrogens with zero attached hydrogens (tertiary/aromatic N) is 3. The van der Waals surface area contributed by atoms with Crippen molar-refractivity contribution in [3.05, 3.63) is 64.3 Å². The van der Waals surface area contributed by atoms with Gasteiger partial charge in [0.15, 0.2) is 11.6 Å². The first-order chi connectivity index (χ1) is 13.4. The van der Waals surface area contributed by atoms with Crippen molar-refractivity contribution in [2.45, 2.75) is 6.54 Å². The van der Waals surface area contributed by atoms with Crippen LogP contribution in [-0.4, -0.2) is 32.6 Å². The summed E-state index contributed by atoms with van der Waals surface area (Å²) < 4.78 is 19.2. The summed E-state index contributed by atoms with van der Waals surface area (Å²) in [5.74, 6) is -1.24. The molecule has 0 amide bonds. The number of benzene rings is 1. The van der Waals surface area contributed by atoms with Gasteiger partial charge >= 0.3 is 5.97 Å². The van der Waals surface area contributed by atoms with E-state index >= 15 is 0 Å². The lowest BCUT2D eigenvalue weighted by Gasteiger charge is -2.09. The summed E-state index contributed by atoms with van der Waals surface area (Å²) in [4.78, 5) is 22.9. The first kappa shape index (κ1) is 22.8. The number of ether oxygens (including phenoxy) is 1. The molecule has 0 aliphatic rings. The molecule has 0 saturated carbocycles. The van der Waals surface area contributed by atoms with Crippen LogP contribution in [-0.2, 0) is 11.3 Å². The molecule has 3 rings (SSSR count). The molecule has 0 unspecified atom stereocenters. The van der Waals surface area contributed by atoms with E-state index in [4.69, 9.17) is 33.0 Å². The van der Waals surface area contributed by atoms with Gasteiger partial charge < -0.3 is 15.2 Å². The Balaban J connectivity index is 0.00000300. The Labute approximate surface area is 181 Å². The Morgan fingerprint density at radius 3 is 2.69 bits per heavy atom. The number of aliphatic carboxylic acids is 1. The van der Waals surface area contributed by atoms with Crippen LogP contribution in [0.3, 0.4) is 0 Å². The maximum absolute atomic E-state index is 13.8. The van der Waals surface area contributed by atoms with Crippen LogP contribution in [0.1, 0.15) is 5.69 Å². The Kier molecular flexibility index (Phi) is 8.10. The molecule has 2 aromatic heterocycles. The van der Waals surface area contributed by atoms with Crippen molar-refractivity contribution in [3.63, 3.8) is 0 Å². The first-order valence-corrected chi connectivity index (χ1v) is 8.71. The molecule has 0 saturated heterocycles. The summed E-state index contributed by atoms with van der Waals surface area (Å²) in [7, 11) is 0. The molecule has 11 heteroatoms. The standard InChI is InChI=1S/C18H13Cl2FN4O3.ClH/c19-10-5-15(21)18(24-7-10)28-12-1-2-13(14(20)6-12)17-23-4-3-11(25-17)8-22-9-16(26)27;/h1-7,22H,8-9H2,(H,26,27);1H. The van der Waals surface area contributed by atoms with E-state index in [0.717, 1.165) is 6.07 Å². The topological polar surface area (TPSA) is 97.2 Å². The van der Waals surface area contributed by atoms with Gasteiger partial charge in [0.05, 0.1) is 22.3 Å². The molecule has 2 N–H and O–H groups in total. The average Bonchev–Trinajstić information content (AvgIpc) is 2.64. The van der Waals surface area contributed by atoms with Gasteiger partial charge in [0, 0.05) is 30.6 Å². The number of carbonyl (C=O) groups is 1. The van der Waals surface area contributed by atoms with Crippen LogP contribution < -0.4 is 10.1 Å². The monoisotopic (exact) mass is 458 g/mol. The number of hydrogen-bond acceptors (Lipinski definition) is 6. The van der Waals surface area contributed by atoms with E-state index in [1.54, 1.807) is 24.4 Å². The Morgan fingerprint density at radius 2 is 2.00 bits per heavy atom. The molecule has 0 spiro atoms. The number of halogens is 4. The normalized spacial score (nSPS) is 10.3. The lowest BCUT2D eigenvalue weighted by atomic mass is 10.2. The second-order valence-corrected chi connectivity index (χ2v) is 6.40. The summed E-state index contributed by atoms with van der Waals surface area (Å²) in [6.07, 6.45) is 2.82. The van der Waals surface area contributed by atoms with Gasteiger partial charge in [-0.3, -0.25) is 4.79 Å². The molecule has 7 nitrogen and oxygen atoms in total. The van der Waals surface area contributed by atoms with Crippen LogP contribution >= 0.6 is 35.6 Å². The predicted octanol–water partition coefficient (Wildman–Crippen LogP) is 4.37. The number of rotatable bonds is 7. The minimum Gasteiger partial charge on any atom is -0.480 e. The summed E-state index contributed by atoms with van der Waals surface area (Å²) >= 11 is 12.0. The van der Waals surface area contributed by atoms with Crippen LogP contribution in [0.25, 0.3) is 11.4 Å². The lowest BCUT2D eigenvalue weighted by molar-refractivity contribution is -0.136. The van der Waals surface area contributed by atoms with Crippen LogP contribution in [0, 0.1) is 5.82 Å². The van der Waals surface area contributed by atoms with Crippen LogP contribution in [0.5, 0.6) is 11.6 Å². The summed E-state index contributed by atoms with van der Waals surface area (Å²) in [6.45, 7) is 0.0869. The number of carboxylic acids is 1. The van der Waals surface area contributed by atoms with E-state index in [9.17, 15) is 9.18 Å². The van der Waals surface area contributed by atoms with Crippen LogP contribution in [0.2, 0.25) is 10.0 Å². The quantitative estimate of drug-likeness (QED) is 0.541. The zero-order valence-electron chi connectivity index (χ0n) is 14.6. The minimum absolute atomic E-state index is 0. The number of pyridine rings is 1. The van der Waals surface area contributed by atoms with Crippen LogP contribution in [0.15, 0.2) is 42.7 Å². The van der Waals surface area contributed by atoms with E-state index in [1.807, 2.05) is 0 Å². The molecule has 0 aliphatic heterocycles. The number of carboxylic acid groups (broad SMARTS) is 1. The summed E-state index contributed by atoms with van der Waals surface area (Å²) in [6, 6.07) is 7.46. The van der Waals surface area contributed by atoms with Crippen molar-refractivity contribution in [1.29, 1.82) is 0 Å². The van der Waals surface area contributed by atoms with Gasteiger partial charge in [-0.15, -0.1) is 12.4 Å². The predicted molar refractivity (Wildman–Crippen MR) is 108 cm³/mol. The molecule has 0 fully saturated rings. The van der Waals surface area contributed by atoms with Gasteiger partial charge in [-0.2, -0.15) is 0 Å². The van der Waals surface area contributed by atoms with Crippen LogP contribution in [0.4, 0.5) is 4.39 Å². The van der Waals surface area contributed by atoms with Gasteiger partial charge in [-0.1, -0.05) is 23.2 Å². The van der Waals surface area contributed by atoms with Gasteiger partial charge in [0.25, 0.3) is 5.88 Å². The number of hydrogen-bond donors (Lipinski definition) is 2. The fraction of sp³-hybridized carbons (Fsp3) is 0.111.